The van der Waals surface area contributed by atoms with Gasteiger partial charge < -0.3 is 52.1 Å². The monoisotopic (exact) mass is 823 g/mol. The summed E-state index contributed by atoms with van der Waals surface area (Å²) in [5.41, 5.74) is 13.2. The quantitative estimate of drug-likeness (QED) is 0.0321. The SMILES string of the molecule is C=CCO[C@H]1O[C@H](COCc2ccccc2)[C@@H](O[C@@H]2O[C@@H](C(=O)OC)[C@H]3OC(c4ccc(OC)cc4)O[C@@H]2[C@H]3OCc2ccccc2)[C@H](OCc2ccccc2)[C@H]1N=[N+]=[N-]. The van der Waals surface area contributed by atoms with Crippen molar-refractivity contribution >= 4 is 5.97 Å². The van der Waals surface area contributed by atoms with Crippen LogP contribution in [0.15, 0.2) is 133 Å². The zero-order chi connectivity index (χ0) is 41.7. The summed E-state index contributed by atoms with van der Waals surface area (Å²) in [5, 5.41) is 4.13. The average molecular weight is 824 g/mol. The van der Waals surface area contributed by atoms with Gasteiger partial charge in [0.2, 0.25) is 0 Å². The van der Waals surface area contributed by atoms with E-state index in [-0.39, 0.29) is 33.0 Å². The Bertz CT molecular complexity index is 1990. The Labute approximate surface area is 348 Å². The number of ether oxygens (including phenoxy) is 11. The van der Waals surface area contributed by atoms with Gasteiger partial charge in [0.15, 0.2) is 25.0 Å². The molecular formula is C45H49N3O12. The number of benzene rings is 4. The molecule has 0 amide bonds. The number of nitrogens with zero attached hydrogens (tertiary/aromatic N) is 3. The number of hydrogen-bond acceptors (Lipinski definition) is 13. The highest BCUT2D eigenvalue weighted by Crippen LogP contribution is 2.42. The summed E-state index contributed by atoms with van der Waals surface area (Å²) in [7, 11) is 2.85. The molecule has 0 spiro atoms. The number of carbonyl (C=O) groups is 1. The second-order valence-corrected chi connectivity index (χ2v) is 14.2. The topological polar surface area (TPSA) is 167 Å². The average Bonchev–Trinajstić information content (AvgIpc) is 3.29. The van der Waals surface area contributed by atoms with Crippen molar-refractivity contribution in [2.24, 2.45) is 5.11 Å². The van der Waals surface area contributed by atoms with E-state index in [4.69, 9.17) is 52.1 Å². The number of rotatable bonds is 19. The van der Waals surface area contributed by atoms with Crippen molar-refractivity contribution in [3.05, 3.63) is 161 Å². The largest absolute Gasteiger partial charge is 0.497 e. The second kappa shape index (κ2) is 21.4. The standard InChI is InChI=1S/C45H49N3O12/c1-4-24-53-44-35(47-48-46)37(54-26-30-16-10-6-11-17-30)36(34(56-44)28-52-25-29-14-8-5-9-15-29)57-45-41-38(55-27-31-18-12-7-13-19-31)39(40(59-45)42(49)51-3)58-43(60-41)32-20-22-33(50-2)23-21-32/h4-23,34-41,43-45H,1,24-28H2,2-3H3/t34-,35-,36-,37-,38+,39+,40-,41-,43?,44+,45-/m1/s1. The molecule has 0 aliphatic carbocycles. The lowest BCUT2D eigenvalue weighted by atomic mass is 9.94. The van der Waals surface area contributed by atoms with Gasteiger partial charge in [-0.25, -0.2) is 4.79 Å². The number of fused-ring (bicyclic) bond motifs is 2. The van der Waals surface area contributed by atoms with Gasteiger partial charge >= 0.3 is 5.97 Å². The van der Waals surface area contributed by atoms with Crippen molar-refractivity contribution in [2.45, 2.75) is 87.5 Å². The highest BCUT2D eigenvalue weighted by Gasteiger charge is 2.59. The molecule has 2 bridgehead atoms. The third kappa shape index (κ3) is 10.6. The van der Waals surface area contributed by atoms with Crippen molar-refractivity contribution in [3.8, 4) is 5.75 Å². The normalized spacial score (nSPS) is 28.5. The maximum atomic E-state index is 13.7. The van der Waals surface area contributed by atoms with Crippen LogP contribution in [-0.2, 0) is 72.0 Å². The Morgan fingerprint density at radius 1 is 0.717 bits per heavy atom. The van der Waals surface area contributed by atoms with E-state index < -0.39 is 73.6 Å². The minimum absolute atomic E-state index is 0.00544. The molecular weight excluding hydrogens is 775 g/mol. The summed E-state index contributed by atoms with van der Waals surface area (Å²) < 4.78 is 69.4. The van der Waals surface area contributed by atoms with E-state index >= 15 is 0 Å². The molecule has 15 heteroatoms. The number of methoxy groups -OCH3 is 2. The van der Waals surface area contributed by atoms with E-state index in [0.29, 0.717) is 11.3 Å². The van der Waals surface area contributed by atoms with Gasteiger partial charge in [0.25, 0.3) is 0 Å². The van der Waals surface area contributed by atoms with Crippen LogP contribution in [-0.4, -0.2) is 94.8 Å². The third-order valence-corrected chi connectivity index (χ3v) is 10.3. The van der Waals surface area contributed by atoms with Crippen LogP contribution in [0.2, 0.25) is 0 Å². The first kappa shape index (κ1) is 42.9. The van der Waals surface area contributed by atoms with Crippen LogP contribution < -0.4 is 4.74 Å². The van der Waals surface area contributed by atoms with Crippen LogP contribution in [0, 0.1) is 0 Å². The molecule has 4 aromatic rings. The maximum Gasteiger partial charge on any atom is 0.337 e. The Morgan fingerprint density at radius 3 is 1.90 bits per heavy atom. The fraction of sp³-hybridized carbons (Fsp3) is 0.400. The molecule has 3 saturated heterocycles. The molecule has 3 aliphatic heterocycles. The van der Waals surface area contributed by atoms with E-state index in [1.165, 1.54) is 7.11 Å². The van der Waals surface area contributed by atoms with Crippen LogP contribution in [0.5, 0.6) is 5.75 Å². The van der Waals surface area contributed by atoms with Crippen LogP contribution in [0.1, 0.15) is 28.5 Å². The third-order valence-electron chi connectivity index (χ3n) is 10.3. The van der Waals surface area contributed by atoms with Gasteiger partial charge in [-0.1, -0.05) is 114 Å². The fourth-order valence-electron chi connectivity index (χ4n) is 7.36. The van der Waals surface area contributed by atoms with Crippen LogP contribution >= 0.6 is 0 Å². The van der Waals surface area contributed by atoms with Gasteiger partial charge in [0.05, 0.1) is 47.3 Å². The molecule has 60 heavy (non-hydrogen) atoms. The molecule has 3 fully saturated rings. The smallest absolute Gasteiger partial charge is 0.337 e. The van der Waals surface area contributed by atoms with Gasteiger partial charge in [0.1, 0.15) is 48.4 Å². The summed E-state index contributed by atoms with van der Waals surface area (Å²) in [6.45, 7) is 4.40. The van der Waals surface area contributed by atoms with Crippen molar-refractivity contribution < 1.29 is 56.9 Å². The van der Waals surface area contributed by atoms with Gasteiger partial charge in [0, 0.05) is 10.5 Å². The molecule has 0 aromatic heterocycles. The highest BCUT2D eigenvalue weighted by atomic mass is 16.8. The number of hydrogen-bond donors (Lipinski definition) is 0. The summed E-state index contributed by atoms with van der Waals surface area (Å²) in [5.74, 6) is -0.0692. The number of esters is 1. The molecule has 11 atom stereocenters. The summed E-state index contributed by atoms with van der Waals surface area (Å²) in [6, 6.07) is 34.9. The van der Waals surface area contributed by atoms with E-state index in [9.17, 15) is 10.3 Å². The lowest BCUT2D eigenvalue weighted by Gasteiger charge is -2.52. The first-order valence-corrected chi connectivity index (χ1v) is 19.7. The van der Waals surface area contributed by atoms with Crippen molar-refractivity contribution in [3.63, 3.8) is 0 Å². The lowest BCUT2D eigenvalue weighted by Crippen LogP contribution is -2.68. The Kier molecular flexibility index (Phi) is 15.3. The summed E-state index contributed by atoms with van der Waals surface area (Å²) in [6.07, 6.45) is -8.98. The Hall–Kier alpha value is -5.16. The van der Waals surface area contributed by atoms with Gasteiger partial charge in [-0.2, -0.15) is 0 Å². The number of azide groups is 1. The Morgan fingerprint density at radius 2 is 1.32 bits per heavy atom. The summed E-state index contributed by atoms with van der Waals surface area (Å²) in [4.78, 5) is 16.8. The minimum Gasteiger partial charge on any atom is -0.497 e. The molecule has 0 N–H and O–H groups in total. The summed E-state index contributed by atoms with van der Waals surface area (Å²) >= 11 is 0. The van der Waals surface area contributed by atoms with Crippen LogP contribution in [0.3, 0.4) is 0 Å². The first-order chi connectivity index (χ1) is 29.5. The minimum atomic E-state index is -1.32. The first-order valence-electron chi connectivity index (χ1n) is 19.7. The van der Waals surface area contributed by atoms with Crippen LogP contribution in [0.25, 0.3) is 10.4 Å². The van der Waals surface area contributed by atoms with Crippen molar-refractivity contribution in [1.82, 2.24) is 0 Å². The van der Waals surface area contributed by atoms with Crippen LogP contribution in [0.4, 0.5) is 0 Å². The molecule has 1 unspecified atom stereocenters. The number of carbonyl (C=O) groups excluding carboxylic acids is 1. The molecule has 4 aromatic carbocycles. The molecule has 0 saturated carbocycles. The fourth-order valence-corrected chi connectivity index (χ4v) is 7.36. The van der Waals surface area contributed by atoms with Gasteiger partial charge in [-0.15, -0.1) is 6.58 Å². The zero-order valence-electron chi connectivity index (χ0n) is 33.4. The maximum absolute atomic E-state index is 13.7. The van der Waals surface area contributed by atoms with Crippen molar-refractivity contribution in [1.29, 1.82) is 0 Å². The molecule has 0 radical (unpaired) electrons. The predicted octanol–water partition coefficient (Wildman–Crippen LogP) is 6.75. The van der Waals surface area contributed by atoms with E-state index in [1.54, 1.807) is 25.3 Å². The lowest BCUT2D eigenvalue weighted by molar-refractivity contribution is -0.411. The Balaban J connectivity index is 1.27. The van der Waals surface area contributed by atoms with Crippen molar-refractivity contribution in [2.75, 3.05) is 27.4 Å². The van der Waals surface area contributed by atoms with Gasteiger partial charge in [-0.3, -0.25) is 0 Å². The molecule has 3 heterocycles. The molecule has 3 aliphatic rings. The van der Waals surface area contributed by atoms with E-state index in [2.05, 4.69) is 16.6 Å². The van der Waals surface area contributed by atoms with E-state index in [1.807, 2.05) is 103 Å². The highest BCUT2D eigenvalue weighted by molar-refractivity contribution is 5.75. The molecule has 316 valence electrons. The molecule has 15 nitrogen and oxygen atoms in total. The predicted molar refractivity (Wildman–Crippen MR) is 215 cm³/mol. The second-order valence-electron chi connectivity index (χ2n) is 14.2. The zero-order valence-corrected chi connectivity index (χ0v) is 33.4. The van der Waals surface area contributed by atoms with Gasteiger partial charge in [-0.05, 0) is 34.4 Å². The molecule has 7 rings (SSSR count). The van der Waals surface area contributed by atoms with E-state index in [0.717, 1.165) is 16.7 Å².